The largest absolute Gasteiger partial charge is 2.00 e. The van der Waals surface area contributed by atoms with E-state index in [9.17, 15) is 4.39 Å². The molecule has 4 aromatic heterocycles. The van der Waals surface area contributed by atoms with E-state index < -0.39 is 12.7 Å². The number of halogens is 1. The maximum atomic E-state index is 14.3. The zero-order valence-corrected chi connectivity index (χ0v) is 23.7. The third-order valence-corrected chi connectivity index (χ3v) is 6.81. The maximum Gasteiger partial charge on any atom is 2.00 e. The Hall–Kier alpha value is -4.79. The van der Waals surface area contributed by atoms with E-state index in [1.54, 1.807) is 41.1 Å². The standard InChI is InChI=1S/C33H20FN5O.Pt/c1-20-8-10-36-33(12-20)39-30-7-4-23(34)16-28(30)27-6-5-25(18-31(27)39)40-26-14-22(13-24(17-26)35-2)29-15-21-9-11-38(3)32(21)19-37-29;/h4-13,15-17,19H,1,3H3;/q-2;+2/i1D3;. The van der Waals surface area contributed by atoms with Gasteiger partial charge in [-0.1, -0.05) is 23.7 Å². The SMILES string of the molecule is [2H]C([2H])([2H])c1ccnc(-n2c3[c-]c(Oc4[c-]c(-c5cc6ccn(C)c6cn5)cc([N+]#[C-])c4)ccc3c3cc(F)ccc32)c1.[Pt+2]. The predicted molar refractivity (Wildman–Crippen MR) is 153 cm³/mol. The average Bonchev–Trinajstić information content (AvgIpc) is 3.52. The Morgan fingerprint density at radius 2 is 1.85 bits per heavy atom. The summed E-state index contributed by atoms with van der Waals surface area (Å²) in [7, 11) is 1.95. The molecule has 0 atom stereocenters. The second-order valence-electron chi connectivity index (χ2n) is 9.37. The van der Waals surface area contributed by atoms with Gasteiger partial charge in [0.25, 0.3) is 0 Å². The monoisotopic (exact) mass is 719 g/mol. The second-order valence-corrected chi connectivity index (χ2v) is 9.37. The Morgan fingerprint density at radius 1 is 0.951 bits per heavy atom. The van der Waals surface area contributed by atoms with Crippen LogP contribution in [-0.4, -0.2) is 19.1 Å². The van der Waals surface area contributed by atoms with Crippen LogP contribution in [0.25, 0.3) is 54.6 Å². The molecule has 0 radical (unpaired) electrons. The first-order chi connectivity index (χ1) is 20.7. The summed E-state index contributed by atoms with van der Waals surface area (Å²) < 4.78 is 47.8. The minimum Gasteiger partial charge on any atom is -0.504 e. The summed E-state index contributed by atoms with van der Waals surface area (Å²) >= 11 is 0. The van der Waals surface area contributed by atoms with Gasteiger partial charge in [0.15, 0.2) is 0 Å². The first-order valence-corrected chi connectivity index (χ1v) is 12.3. The van der Waals surface area contributed by atoms with Crippen molar-refractivity contribution in [3.05, 3.63) is 120 Å². The Labute approximate surface area is 254 Å². The van der Waals surface area contributed by atoms with E-state index in [0.717, 1.165) is 10.9 Å². The molecule has 0 aliphatic heterocycles. The van der Waals surface area contributed by atoms with E-state index in [4.69, 9.17) is 15.4 Å². The molecule has 41 heavy (non-hydrogen) atoms. The molecule has 0 amide bonds. The Bertz CT molecular complexity index is 2270. The van der Waals surface area contributed by atoms with Crippen LogP contribution in [0.15, 0.2) is 85.3 Å². The molecular formula is C33H20FN5OPt. The third kappa shape index (κ3) is 4.67. The fourth-order valence-electron chi connectivity index (χ4n) is 4.95. The molecule has 0 N–H and O–H groups in total. The zero-order chi connectivity index (χ0) is 29.9. The zero-order valence-electron chi connectivity index (χ0n) is 24.4. The van der Waals surface area contributed by atoms with Crippen LogP contribution in [0.5, 0.6) is 11.5 Å². The fraction of sp³-hybridized carbons (Fsp3) is 0.0606. The van der Waals surface area contributed by atoms with E-state index in [0.29, 0.717) is 56.1 Å². The van der Waals surface area contributed by atoms with Crippen molar-refractivity contribution in [3.8, 4) is 28.6 Å². The molecule has 7 rings (SSSR count). The van der Waals surface area contributed by atoms with Crippen LogP contribution in [0.3, 0.4) is 0 Å². The molecule has 0 fully saturated rings. The molecule has 0 saturated heterocycles. The molecule has 0 saturated carbocycles. The molecular weight excluding hydrogens is 696 g/mol. The minimum atomic E-state index is -2.33. The second kappa shape index (κ2) is 10.3. The maximum absolute atomic E-state index is 14.3. The number of aryl methyl sites for hydroxylation is 2. The van der Waals surface area contributed by atoms with Crippen molar-refractivity contribution in [1.29, 1.82) is 0 Å². The van der Waals surface area contributed by atoms with Crippen molar-refractivity contribution in [2.45, 2.75) is 6.85 Å². The summed E-state index contributed by atoms with van der Waals surface area (Å²) in [5.41, 5.74) is 3.87. The fourth-order valence-corrected chi connectivity index (χ4v) is 4.95. The van der Waals surface area contributed by atoms with Crippen molar-refractivity contribution < 1.29 is 34.3 Å². The topological polar surface area (TPSA) is 49.2 Å². The Morgan fingerprint density at radius 3 is 2.71 bits per heavy atom. The number of fused-ring (bicyclic) bond motifs is 4. The number of aromatic nitrogens is 4. The first kappa shape index (κ1) is 23.0. The van der Waals surface area contributed by atoms with Gasteiger partial charge < -0.3 is 18.9 Å². The third-order valence-electron chi connectivity index (χ3n) is 6.81. The van der Waals surface area contributed by atoms with E-state index in [-0.39, 0.29) is 26.6 Å². The van der Waals surface area contributed by atoms with Crippen LogP contribution in [-0.2, 0) is 28.1 Å². The van der Waals surface area contributed by atoms with Crippen LogP contribution in [0.4, 0.5) is 10.1 Å². The van der Waals surface area contributed by atoms with E-state index >= 15 is 0 Å². The van der Waals surface area contributed by atoms with Gasteiger partial charge in [-0.05, 0) is 65.3 Å². The summed E-state index contributed by atoms with van der Waals surface area (Å²) in [6.45, 7) is 5.30. The quantitative estimate of drug-likeness (QED) is 0.173. The van der Waals surface area contributed by atoms with Gasteiger partial charge in [0.2, 0.25) is 0 Å². The molecule has 200 valence electrons. The van der Waals surface area contributed by atoms with Crippen molar-refractivity contribution in [1.82, 2.24) is 19.1 Å². The summed E-state index contributed by atoms with van der Waals surface area (Å²) in [4.78, 5) is 12.6. The van der Waals surface area contributed by atoms with Crippen LogP contribution < -0.4 is 4.74 Å². The predicted octanol–water partition coefficient (Wildman–Crippen LogP) is 8.12. The number of hydrogen-bond acceptors (Lipinski definition) is 3. The molecule has 0 unspecified atom stereocenters. The van der Waals surface area contributed by atoms with Gasteiger partial charge in [-0.15, -0.1) is 29.1 Å². The smallest absolute Gasteiger partial charge is 0.504 e. The van der Waals surface area contributed by atoms with Crippen LogP contribution >= 0.6 is 0 Å². The molecule has 3 aromatic carbocycles. The molecule has 0 aliphatic rings. The molecule has 7 aromatic rings. The summed E-state index contributed by atoms with van der Waals surface area (Å²) in [6.07, 6.45) is 5.17. The Kier molecular flexibility index (Phi) is 5.78. The molecule has 4 heterocycles. The van der Waals surface area contributed by atoms with Crippen LogP contribution in [0.2, 0.25) is 0 Å². The number of rotatable bonds is 4. The molecule has 8 heteroatoms. The number of benzene rings is 3. The van der Waals surface area contributed by atoms with Crippen LogP contribution in [0.1, 0.15) is 9.68 Å². The average molecular weight is 720 g/mol. The van der Waals surface area contributed by atoms with Crippen LogP contribution in [0, 0.1) is 31.4 Å². The molecule has 6 nitrogen and oxygen atoms in total. The van der Waals surface area contributed by atoms with E-state index in [1.165, 1.54) is 30.5 Å². The van der Waals surface area contributed by atoms with Gasteiger partial charge in [0.05, 0.1) is 12.1 Å². The number of hydrogen-bond donors (Lipinski definition) is 0. The molecule has 0 spiro atoms. The summed E-state index contributed by atoms with van der Waals surface area (Å²) in [5, 5.41) is 2.31. The summed E-state index contributed by atoms with van der Waals surface area (Å²) in [5.74, 6) is 0.557. The minimum absolute atomic E-state index is 0. The van der Waals surface area contributed by atoms with Gasteiger partial charge in [-0.25, -0.2) is 9.37 Å². The van der Waals surface area contributed by atoms with E-state index in [2.05, 4.69) is 26.9 Å². The van der Waals surface area contributed by atoms with Crippen molar-refractivity contribution in [3.63, 3.8) is 0 Å². The first-order valence-electron chi connectivity index (χ1n) is 13.8. The van der Waals surface area contributed by atoms with Gasteiger partial charge in [0.1, 0.15) is 17.3 Å². The Balaban J connectivity index is 0.00000343. The summed E-state index contributed by atoms with van der Waals surface area (Å²) in [6, 6.07) is 24.5. The number of pyridine rings is 2. The van der Waals surface area contributed by atoms with Gasteiger partial charge in [0, 0.05) is 46.8 Å². The number of ether oxygens (including phenoxy) is 1. The van der Waals surface area contributed by atoms with Crippen molar-refractivity contribution in [2.24, 2.45) is 7.05 Å². The normalized spacial score (nSPS) is 12.5. The molecule has 0 aliphatic carbocycles. The molecule has 0 bridgehead atoms. The number of nitrogens with zero attached hydrogens (tertiary/aromatic N) is 5. The van der Waals surface area contributed by atoms with E-state index in [1.807, 2.05) is 29.9 Å². The van der Waals surface area contributed by atoms with Gasteiger partial charge in [-0.3, -0.25) is 4.85 Å². The van der Waals surface area contributed by atoms with Crippen molar-refractivity contribution >= 4 is 38.4 Å². The van der Waals surface area contributed by atoms with Gasteiger partial charge in [-0.2, -0.15) is 6.07 Å². The van der Waals surface area contributed by atoms with Crippen molar-refractivity contribution in [2.75, 3.05) is 0 Å². The van der Waals surface area contributed by atoms with Gasteiger partial charge >= 0.3 is 21.1 Å².